The van der Waals surface area contributed by atoms with Crippen LogP contribution in [0.5, 0.6) is 0 Å². The second-order valence-electron chi connectivity index (χ2n) is 6.20. The third-order valence-electron chi connectivity index (χ3n) is 4.09. The Bertz CT molecular complexity index is 1120. The molecular weight excluding hydrogens is 362 g/mol. The number of benzene rings is 1. The smallest absolute Gasteiger partial charge is 0.221 e. The van der Waals surface area contributed by atoms with E-state index in [-0.39, 0.29) is 5.91 Å². The van der Waals surface area contributed by atoms with Gasteiger partial charge in [-0.15, -0.1) is 0 Å². The molecule has 0 spiro atoms. The lowest BCUT2D eigenvalue weighted by Crippen LogP contribution is -2.06. The number of amides is 1. The molecule has 3 aromatic heterocycles. The zero-order valence-electron chi connectivity index (χ0n) is 14.6. The molecule has 0 aliphatic heterocycles. The van der Waals surface area contributed by atoms with Gasteiger partial charge in [0.05, 0.1) is 23.8 Å². The number of hydrogen-bond acceptors (Lipinski definition) is 4. The lowest BCUT2D eigenvalue weighted by atomic mass is 10.1. The van der Waals surface area contributed by atoms with Crippen LogP contribution >= 0.6 is 11.6 Å². The van der Waals surface area contributed by atoms with Gasteiger partial charge in [0.15, 0.2) is 0 Å². The maximum absolute atomic E-state index is 11.1. The molecule has 0 radical (unpaired) electrons. The van der Waals surface area contributed by atoms with E-state index in [1.807, 2.05) is 53.5 Å². The highest BCUT2D eigenvalue weighted by Crippen LogP contribution is 2.22. The summed E-state index contributed by atoms with van der Waals surface area (Å²) in [6, 6.07) is 13.2. The molecule has 0 aliphatic rings. The van der Waals surface area contributed by atoms with Crippen molar-refractivity contribution < 1.29 is 4.79 Å². The number of nitrogens with zero attached hydrogens (tertiary/aromatic N) is 4. The van der Waals surface area contributed by atoms with E-state index in [1.165, 1.54) is 6.92 Å². The second-order valence-corrected chi connectivity index (χ2v) is 6.59. The van der Waals surface area contributed by atoms with E-state index in [0.717, 1.165) is 33.4 Å². The van der Waals surface area contributed by atoms with E-state index in [9.17, 15) is 4.79 Å². The molecule has 7 heteroatoms. The number of halogens is 1. The highest BCUT2D eigenvalue weighted by atomic mass is 35.5. The zero-order chi connectivity index (χ0) is 18.8. The predicted octanol–water partition coefficient (Wildman–Crippen LogP) is 4.15. The first-order chi connectivity index (χ1) is 13.1. The van der Waals surface area contributed by atoms with E-state index < -0.39 is 0 Å². The normalized spacial score (nSPS) is 10.9. The average molecular weight is 378 g/mol. The molecule has 0 bridgehead atoms. The first-order valence-electron chi connectivity index (χ1n) is 8.38. The quantitative estimate of drug-likeness (QED) is 0.542. The van der Waals surface area contributed by atoms with E-state index in [0.29, 0.717) is 11.7 Å². The fraction of sp³-hybridized carbons (Fsp3) is 0.100. The van der Waals surface area contributed by atoms with Crippen molar-refractivity contribution in [3.63, 3.8) is 0 Å². The molecule has 4 rings (SSSR count). The Kier molecular flexibility index (Phi) is 4.56. The molecule has 0 saturated heterocycles. The third kappa shape index (κ3) is 3.96. The van der Waals surface area contributed by atoms with Crippen molar-refractivity contribution in [3.8, 4) is 11.1 Å². The minimum absolute atomic E-state index is 0.0840. The minimum Gasteiger partial charge on any atom is -0.326 e. The highest BCUT2D eigenvalue weighted by Gasteiger charge is 2.06. The molecule has 6 nitrogen and oxygen atoms in total. The van der Waals surface area contributed by atoms with Crippen molar-refractivity contribution in [2.75, 3.05) is 5.32 Å². The minimum atomic E-state index is -0.0840. The summed E-state index contributed by atoms with van der Waals surface area (Å²) >= 11 is 5.97. The van der Waals surface area contributed by atoms with Gasteiger partial charge in [0.1, 0.15) is 5.15 Å². The first kappa shape index (κ1) is 17.2. The lowest BCUT2D eigenvalue weighted by Gasteiger charge is -2.05. The molecule has 1 N–H and O–H groups in total. The highest BCUT2D eigenvalue weighted by molar-refractivity contribution is 6.29. The molecule has 0 aliphatic carbocycles. The van der Waals surface area contributed by atoms with Crippen LogP contribution in [0.3, 0.4) is 0 Å². The fourth-order valence-electron chi connectivity index (χ4n) is 2.82. The van der Waals surface area contributed by atoms with E-state index in [2.05, 4.69) is 20.4 Å². The molecule has 1 amide bonds. The summed E-state index contributed by atoms with van der Waals surface area (Å²) in [6.45, 7) is 2.12. The van der Waals surface area contributed by atoms with Gasteiger partial charge in [0.25, 0.3) is 0 Å². The van der Waals surface area contributed by atoms with Gasteiger partial charge >= 0.3 is 0 Å². The van der Waals surface area contributed by atoms with Crippen LogP contribution in [0.2, 0.25) is 5.15 Å². The SMILES string of the molecule is CC(=O)Nc1ccc(Cn2cc(-c3cnc4ccc(Cl)nc4c3)cn2)cc1. The standard InChI is InChI=1S/C20H16ClN5O/c1-13(27)24-17-4-2-14(3-5-17)11-26-12-16(10-23-26)15-8-19-18(22-9-15)6-7-20(21)25-19/h2-10,12H,11H2,1H3,(H,24,27). The van der Waals surface area contributed by atoms with Gasteiger partial charge in [-0.05, 0) is 35.9 Å². The topological polar surface area (TPSA) is 72.7 Å². The van der Waals surface area contributed by atoms with Crippen molar-refractivity contribution in [2.45, 2.75) is 13.5 Å². The van der Waals surface area contributed by atoms with Crippen molar-refractivity contribution in [2.24, 2.45) is 0 Å². The van der Waals surface area contributed by atoms with Crippen LogP contribution in [-0.2, 0) is 11.3 Å². The molecule has 4 aromatic rings. The molecule has 27 heavy (non-hydrogen) atoms. The number of fused-ring (bicyclic) bond motifs is 1. The van der Waals surface area contributed by atoms with Crippen molar-refractivity contribution in [1.82, 2.24) is 19.7 Å². The summed E-state index contributed by atoms with van der Waals surface area (Å²) in [5.41, 5.74) is 5.31. The van der Waals surface area contributed by atoms with Crippen molar-refractivity contribution in [1.29, 1.82) is 0 Å². The number of aromatic nitrogens is 4. The van der Waals surface area contributed by atoms with Crippen LogP contribution in [0.15, 0.2) is 61.1 Å². The molecule has 1 aromatic carbocycles. The number of nitrogens with one attached hydrogen (secondary N) is 1. The van der Waals surface area contributed by atoms with Gasteiger partial charge in [-0.3, -0.25) is 14.5 Å². The van der Waals surface area contributed by atoms with E-state index >= 15 is 0 Å². The van der Waals surface area contributed by atoms with E-state index in [4.69, 9.17) is 11.6 Å². The molecule has 0 saturated carbocycles. The molecule has 0 fully saturated rings. The first-order valence-corrected chi connectivity index (χ1v) is 8.76. The number of anilines is 1. The lowest BCUT2D eigenvalue weighted by molar-refractivity contribution is -0.114. The molecule has 0 atom stereocenters. The van der Waals surface area contributed by atoms with Gasteiger partial charge in [-0.1, -0.05) is 23.7 Å². The molecule has 134 valence electrons. The summed E-state index contributed by atoms with van der Waals surface area (Å²) in [5, 5.41) is 7.63. The number of rotatable bonds is 4. The number of hydrogen-bond donors (Lipinski definition) is 1. The van der Waals surface area contributed by atoms with Crippen LogP contribution in [-0.4, -0.2) is 25.7 Å². The predicted molar refractivity (Wildman–Crippen MR) is 106 cm³/mol. The fourth-order valence-corrected chi connectivity index (χ4v) is 2.98. The van der Waals surface area contributed by atoms with Crippen LogP contribution in [0.25, 0.3) is 22.2 Å². The summed E-state index contributed by atoms with van der Waals surface area (Å²) in [5.74, 6) is -0.0840. The van der Waals surface area contributed by atoms with Crippen LogP contribution in [0, 0.1) is 0 Å². The summed E-state index contributed by atoms with van der Waals surface area (Å²) in [7, 11) is 0. The van der Waals surface area contributed by atoms with Gasteiger partial charge in [0, 0.05) is 36.1 Å². The van der Waals surface area contributed by atoms with Crippen molar-refractivity contribution in [3.05, 3.63) is 71.8 Å². The average Bonchev–Trinajstić information content (AvgIpc) is 3.11. The number of carbonyl (C=O) groups is 1. The van der Waals surface area contributed by atoms with Gasteiger partial charge in [-0.2, -0.15) is 5.10 Å². The Balaban J connectivity index is 1.54. The molecule has 3 heterocycles. The Morgan fingerprint density at radius 3 is 2.67 bits per heavy atom. The third-order valence-corrected chi connectivity index (χ3v) is 4.30. The zero-order valence-corrected chi connectivity index (χ0v) is 15.3. The Labute approximate surface area is 160 Å². The van der Waals surface area contributed by atoms with E-state index in [1.54, 1.807) is 12.3 Å². The number of carbonyl (C=O) groups excluding carboxylic acids is 1. The van der Waals surface area contributed by atoms with Gasteiger partial charge in [-0.25, -0.2) is 4.98 Å². The second kappa shape index (κ2) is 7.17. The van der Waals surface area contributed by atoms with Gasteiger partial charge < -0.3 is 5.32 Å². The summed E-state index contributed by atoms with van der Waals surface area (Å²) < 4.78 is 1.86. The Hall–Kier alpha value is -3.25. The maximum atomic E-state index is 11.1. The summed E-state index contributed by atoms with van der Waals surface area (Å²) in [4.78, 5) is 19.8. The van der Waals surface area contributed by atoms with Crippen LogP contribution in [0.1, 0.15) is 12.5 Å². The van der Waals surface area contributed by atoms with Gasteiger partial charge in [0.2, 0.25) is 5.91 Å². The Morgan fingerprint density at radius 1 is 1.07 bits per heavy atom. The molecular formula is C20H16ClN5O. The number of pyridine rings is 2. The Morgan fingerprint density at radius 2 is 1.89 bits per heavy atom. The van der Waals surface area contributed by atoms with Crippen molar-refractivity contribution >= 4 is 34.2 Å². The largest absolute Gasteiger partial charge is 0.326 e. The maximum Gasteiger partial charge on any atom is 0.221 e. The summed E-state index contributed by atoms with van der Waals surface area (Å²) in [6.07, 6.45) is 5.58. The van der Waals surface area contributed by atoms with Crippen LogP contribution in [0.4, 0.5) is 5.69 Å². The molecule has 0 unspecified atom stereocenters. The monoisotopic (exact) mass is 377 g/mol. The van der Waals surface area contributed by atoms with Crippen LogP contribution < -0.4 is 5.32 Å².